The van der Waals surface area contributed by atoms with E-state index in [0.717, 1.165) is 0 Å². The molecule has 20 heavy (non-hydrogen) atoms. The lowest BCUT2D eigenvalue weighted by atomic mass is 10.2. The average Bonchev–Trinajstić information content (AvgIpc) is 2.87. The number of anilines is 2. The summed E-state index contributed by atoms with van der Waals surface area (Å²) < 4.78 is 4.69. The second-order valence-corrected chi connectivity index (χ2v) is 5.78. The van der Waals surface area contributed by atoms with Crippen LogP contribution in [0, 0.1) is 6.92 Å². The van der Waals surface area contributed by atoms with Gasteiger partial charge in [-0.3, -0.25) is 0 Å². The maximum absolute atomic E-state index is 11.6. The molecule has 2 heterocycles. The third-order valence-electron chi connectivity index (χ3n) is 2.89. The Balaban J connectivity index is 2.19. The predicted octanol–water partition coefficient (Wildman–Crippen LogP) is 2.99. The quantitative estimate of drug-likeness (QED) is 0.847. The van der Waals surface area contributed by atoms with Crippen LogP contribution in [0.5, 0.6) is 0 Å². The van der Waals surface area contributed by atoms with Gasteiger partial charge >= 0.3 is 5.97 Å². The van der Waals surface area contributed by atoms with Gasteiger partial charge in [0.2, 0.25) is 0 Å². The van der Waals surface area contributed by atoms with Gasteiger partial charge in [0, 0.05) is 9.75 Å². The van der Waals surface area contributed by atoms with Crippen LogP contribution < -0.4 is 11.1 Å². The number of pyridine rings is 1. The number of carbonyl (C=O) groups is 1. The average molecular weight is 291 g/mol. The molecule has 0 bridgehead atoms. The Kier molecular flexibility index (Phi) is 4.24. The van der Waals surface area contributed by atoms with Gasteiger partial charge in [-0.05, 0) is 32.0 Å². The first-order chi connectivity index (χ1) is 9.51. The van der Waals surface area contributed by atoms with E-state index in [4.69, 9.17) is 10.5 Å². The van der Waals surface area contributed by atoms with Crippen molar-refractivity contribution in [1.29, 1.82) is 0 Å². The number of thiophene rings is 1. The van der Waals surface area contributed by atoms with Crippen LogP contribution in [0.3, 0.4) is 0 Å². The van der Waals surface area contributed by atoms with Crippen LogP contribution in [0.15, 0.2) is 24.4 Å². The maximum Gasteiger partial charge on any atom is 0.340 e. The van der Waals surface area contributed by atoms with E-state index in [-0.39, 0.29) is 6.04 Å². The molecule has 0 aliphatic heterocycles. The number of carbonyl (C=O) groups excluding carboxylic acids is 1. The molecule has 0 amide bonds. The summed E-state index contributed by atoms with van der Waals surface area (Å²) in [6.07, 6.45) is 1.46. The largest absolute Gasteiger partial charge is 0.465 e. The van der Waals surface area contributed by atoms with E-state index in [0.29, 0.717) is 17.1 Å². The fourth-order valence-electron chi connectivity index (χ4n) is 1.81. The van der Waals surface area contributed by atoms with Crippen molar-refractivity contribution in [3.8, 4) is 0 Å². The van der Waals surface area contributed by atoms with Crippen LogP contribution in [0.2, 0.25) is 0 Å². The van der Waals surface area contributed by atoms with Crippen LogP contribution in [-0.2, 0) is 4.74 Å². The lowest BCUT2D eigenvalue weighted by Gasteiger charge is -2.14. The maximum atomic E-state index is 11.6. The summed E-state index contributed by atoms with van der Waals surface area (Å²) >= 11 is 1.73. The van der Waals surface area contributed by atoms with Gasteiger partial charge in [-0.1, -0.05) is 0 Å². The molecule has 2 aromatic rings. The van der Waals surface area contributed by atoms with Gasteiger partial charge in [0.15, 0.2) is 0 Å². The van der Waals surface area contributed by atoms with Crippen molar-refractivity contribution >= 4 is 28.8 Å². The molecule has 2 aromatic heterocycles. The molecule has 5 nitrogen and oxygen atoms in total. The Morgan fingerprint density at radius 2 is 2.25 bits per heavy atom. The van der Waals surface area contributed by atoms with Gasteiger partial charge in [-0.2, -0.15) is 0 Å². The molecule has 0 aliphatic rings. The summed E-state index contributed by atoms with van der Waals surface area (Å²) in [7, 11) is 1.33. The molecule has 0 saturated carbocycles. The normalized spacial score (nSPS) is 11.9. The minimum Gasteiger partial charge on any atom is -0.465 e. The molecular weight excluding hydrogens is 274 g/mol. The van der Waals surface area contributed by atoms with E-state index in [2.05, 4.69) is 29.4 Å². The smallest absolute Gasteiger partial charge is 0.340 e. The zero-order valence-electron chi connectivity index (χ0n) is 11.6. The number of methoxy groups -OCH3 is 1. The Morgan fingerprint density at radius 3 is 2.85 bits per heavy atom. The van der Waals surface area contributed by atoms with E-state index in [1.54, 1.807) is 17.4 Å². The summed E-state index contributed by atoms with van der Waals surface area (Å²) in [5, 5.41) is 3.25. The number of hydrogen-bond donors (Lipinski definition) is 2. The third kappa shape index (κ3) is 3.08. The molecule has 2 rings (SSSR count). The number of nitrogen functional groups attached to an aromatic ring is 1. The fourth-order valence-corrected chi connectivity index (χ4v) is 2.69. The lowest BCUT2D eigenvalue weighted by Crippen LogP contribution is -2.10. The lowest BCUT2D eigenvalue weighted by molar-refractivity contribution is 0.0602. The van der Waals surface area contributed by atoms with Gasteiger partial charge in [0.05, 0.1) is 30.6 Å². The number of esters is 1. The highest BCUT2D eigenvalue weighted by atomic mass is 32.1. The van der Waals surface area contributed by atoms with Crippen LogP contribution in [0.1, 0.15) is 33.1 Å². The van der Waals surface area contributed by atoms with Crippen LogP contribution in [-0.4, -0.2) is 18.1 Å². The number of nitrogens with zero attached hydrogens (tertiary/aromatic N) is 1. The highest BCUT2D eigenvalue weighted by molar-refractivity contribution is 7.12. The summed E-state index contributed by atoms with van der Waals surface area (Å²) in [4.78, 5) is 18.2. The van der Waals surface area contributed by atoms with E-state index in [1.807, 2.05) is 6.92 Å². The molecule has 0 aliphatic carbocycles. The zero-order valence-corrected chi connectivity index (χ0v) is 12.5. The molecule has 0 saturated heterocycles. The molecule has 1 unspecified atom stereocenters. The first kappa shape index (κ1) is 14.3. The molecule has 0 radical (unpaired) electrons. The molecular formula is C14H17N3O2S. The highest BCUT2D eigenvalue weighted by Crippen LogP contribution is 2.26. The van der Waals surface area contributed by atoms with Crippen LogP contribution in [0.25, 0.3) is 0 Å². The molecule has 106 valence electrons. The predicted molar refractivity (Wildman–Crippen MR) is 81.1 cm³/mol. The number of hydrogen-bond acceptors (Lipinski definition) is 6. The molecule has 0 spiro atoms. The third-order valence-corrected chi connectivity index (χ3v) is 4.08. The summed E-state index contributed by atoms with van der Waals surface area (Å²) in [6, 6.07) is 5.87. The first-order valence-corrected chi connectivity index (χ1v) is 6.99. The summed E-state index contributed by atoms with van der Waals surface area (Å²) in [5.74, 6) is 0.130. The number of aryl methyl sites for hydroxylation is 1. The fraction of sp³-hybridized carbons (Fsp3) is 0.286. The van der Waals surface area contributed by atoms with Gasteiger partial charge in [0.25, 0.3) is 0 Å². The standard InChI is InChI=1S/C14H17N3O2S/c1-8-4-5-12(20-8)9(2)17-13-6-10(14(18)19-3)11(15)7-16-13/h4-7,9H,15H2,1-3H3,(H,16,17). The van der Waals surface area contributed by atoms with Crippen molar-refractivity contribution in [3.05, 3.63) is 39.7 Å². The minimum atomic E-state index is -0.465. The second-order valence-electron chi connectivity index (χ2n) is 4.46. The Labute approximate surface area is 121 Å². The Hall–Kier alpha value is -2.08. The topological polar surface area (TPSA) is 77.2 Å². The zero-order chi connectivity index (χ0) is 14.7. The van der Waals surface area contributed by atoms with Gasteiger partial charge in [-0.25, -0.2) is 9.78 Å². The van der Waals surface area contributed by atoms with Crippen molar-refractivity contribution in [2.24, 2.45) is 0 Å². The number of nitrogens with one attached hydrogen (secondary N) is 1. The van der Waals surface area contributed by atoms with Crippen molar-refractivity contribution in [3.63, 3.8) is 0 Å². The van der Waals surface area contributed by atoms with Crippen molar-refractivity contribution in [1.82, 2.24) is 4.98 Å². The first-order valence-electron chi connectivity index (χ1n) is 6.18. The Morgan fingerprint density at radius 1 is 1.50 bits per heavy atom. The molecule has 0 aromatic carbocycles. The van der Waals surface area contributed by atoms with Gasteiger partial charge in [0.1, 0.15) is 5.82 Å². The summed E-state index contributed by atoms with van der Waals surface area (Å²) in [5.41, 5.74) is 6.35. The van der Waals surface area contributed by atoms with Gasteiger partial charge < -0.3 is 15.8 Å². The van der Waals surface area contributed by atoms with E-state index >= 15 is 0 Å². The number of ether oxygens (including phenoxy) is 1. The van der Waals surface area contributed by atoms with E-state index in [1.165, 1.54) is 23.1 Å². The van der Waals surface area contributed by atoms with Crippen LogP contribution >= 0.6 is 11.3 Å². The van der Waals surface area contributed by atoms with Crippen molar-refractivity contribution in [2.75, 3.05) is 18.2 Å². The van der Waals surface area contributed by atoms with E-state index in [9.17, 15) is 4.79 Å². The van der Waals surface area contributed by atoms with Crippen molar-refractivity contribution in [2.45, 2.75) is 19.9 Å². The number of nitrogens with two attached hydrogens (primary N) is 1. The van der Waals surface area contributed by atoms with E-state index < -0.39 is 5.97 Å². The van der Waals surface area contributed by atoms with Gasteiger partial charge in [-0.15, -0.1) is 11.3 Å². The second kappa shape index (κ2) is 5.92. The van der Waals surface area contributed by atoms with Crippen LogP contribution in [0.4, 0.5) is 11.5 Å². The summed E-state index contributed by atoms with van der Waals surface area (Å²) in [6.45, 7) is 4.11. The molecule has 6 heteroatoms. The molecule has 3 N–H and O–H groups in total. The molecule has 1 atom stereocenters. The SMILES string of the molecule is COC(=O)c1cc(NC(C)c2ccc(C)s2)ncc1N. The number of rotatable bonds is 4. The monoisotopic (exact) mass is 291 g/mol. The minimum absolute atomic E-state index is 0.107. The molecule has 0 fully saturated rings. The number of aromatic nitrogens is 1. The highest BCUT2D eigenvalue weighted by Gasteiger charge is 2.14. The van der Waals surface area contributed by atoms with Crippen molar-refractivity contribution < 1.29 is 9.53 Å². The Bertz CT molecular complexity index is 625.